The fraction of sp³-hybridized carbons (Fsp3) is 0.263. The van der Waals surface area contributed by atoms with Crippen LogP contribution < -0.4 is 5.32 Å². The highest BCUT2D eigenvalue weighted by Crippen LogP contribution is 2.52. The van der Waals surface area contributed by atoms with Gasteiger partial charge in [0.2, 0.25) is 5.72 Å². The summed E-state index contributed by atoms with van der Waals surface area (Å²) in [5.74, 6) is -4.37. The Morgan fingerprint density at radius 1 is 1.34 bits per heavy atom. The number of nitriles is 1. The molecule has 1 aromatic heterocycles. The summed E-state index contributed by atoms with van der Waals surface area (Å²) in [6.45, 7) is 0. The van der Waals surface area contributed by atoms with Crippen LogP contribution in [-0.4, -0.2) is 29.0 Å². The largest absolute Gasteiger partial charge is 0.437 e. The minimum absolute atomic E-state index is 0.0430. The van der Waals surface area contributed by atoms with Crippen molar-refractivity contribution in [2.24, 2.45) is 5.92 Å². The van der Waals surface area contributed by atoms with Crippen molar-refractivity contribution in [1.82, 2.24) is 5.32 Å². The van der Waals surface area contributed by atoms with Crippen molar-refractivity contribution in [1.29, 1.82) is 5.26 Å². The predicted octanol–water partition coefficient (Wildman–Crippen LogP) is 4.94. The quantitative estimate of drug-likeness (QED) is 0.635. The average molecular weight is 459 g/mol. The summed E-state index contributed by atoms with van der Waals surface area (Å²) in [6.07, 6.45) is -3.73. The maximum absolute atomic E-state index is 14.1. The first kappa shape index (κ1) is 21.7. The van der Waals surface area contributed by atoms with Gasteiger partial charge in [-0.25, -0.2) is 0 Å². The van der Waals surface area contributed by atoms with Crippen molar-refractivity contribution >= 4 is 40.5 Å². The number of carbonyl (C=O) groups excluding carboxylic acids is 1. The molecule has 29 heavy (non-hydrogen) atoms. The molecule has 2 heterocycles. The third-order valence-electron chi connectivity index (χ3n) is 4.69. The average Bonchev–Trinajstić information content (AvgIpc) is 3.21. The van der Waals surface area contributed by atoms with Gasteiger partial charge in [0.1, 0.15) is 0 Å². The molecule has 0 bridgehead atoms. The molecular formula is C19H14ClF3N2O2S2. The Kier molecular flexibility index (Phi) is 6.01. The molecule has 0 unspecified atom stereocenters. The lowest BCUT2D eigenvalue weighted by molar-refractivity contribution is -0.285. The van der Waals surface area contributed by atoms with E-state index in [0.717, 1.165) is 23.1 Å². The number of rotatable bonds is 4. The van der Waals surface area contributed by atoms with Crippen molar-refractivity contribution in [2.45, 2.75) is 17.8 Å². The van der Waals surface area contributed by atoms with Gasteiger partial charge in [-0.3, -0.25) is 4.79 Å². The number of ketones is 1. The second-order valence-electron chi connectivity index (χ2n) is 6.27. The van der Waals surface area contributed by atoms with Gasteiger partial charge in [0.25, 0.3) is 0 Å². The van der Waals surface area contributed by atoms with Gasteiger partial charge in [-0.15, -0.1) is 23.1 Å². The third kappa shape index (κ3) is 3.66. The summed E-state index contributed by atoms with van der Waals surface area (Å²) in [6, 6.07) is 10.9. The molecule has 10 heteroatoms. The molecule has 4 nitrogen and oxygen atoms in total. The molecular weight excluding hydrogens is 445 g/mol. The first-order chi connectivity index (χ1) is 13.7. The SMILES string of the molecule is CSC1=C(C#N)[C@H](c2ccccc2Cl)[C@@H](C(=O)c2cccs2)[C@](O)(C(F)(F)F)N1. The lowest BCUT2D eigenvalue weighted by Gasteiger charge is -2.45. The first-order valence-electron chi connectivity index (χ1n) is 8.23. The highest BCUT2D eigenvalue weighted by atomic mass is 35.5. The van der Waals surface area contributed by atoms with E-state index in [9.17, 15) is 28.3 Å². The molecule has 2 aromatic rings. The van der Waals surface area contributed by atoms with E-state index >= 15 is 0 Å². The molecule has 0 radical (unpaired) electrons. The van der Waals surface area contributed by atoms with Crippen molar-refractivity contribution in [3.63, 3.8) is 0 Å². The van der Waals surface area contributed by atoms with Crippen LogP contribution in [0.5, 0.6) is 0 Å². The lowest BCUT2D eigenvalue weighted by atomic mass is 9.70. The third-order valence-corrected chi connectivity index (χ3v) is 6.65. The normalized spacial score (nSPS) is 24.7. The maximum Gasteiger partial charge on any atom is 0.437 e. The van der Waals surface area contributed by atoms with Crippen molar-refractivity contribution < 1.29 is 23.1 Å². The number of halogens is 4. The number of Topliss-reactive ketones (excluding diaryl/α,β-unsaturated/α-hetero) is 1. The van der Waals surface area contributed by atoms with Crippen LogP contribution in [0.4, 0.5) is 13.2 Å². The van der Waals surface area contributed by atoms with Crippen LogP contribution in [0.15, 0.2) is 52.4 Å². The zero-order chi connectivity index (χ0) is 21.4. The molecule has 1 aliphatic rings. The van der Waals surface area contributed by atoms with E-state index in [4.69, 9.17) is 11.6 Å². The highest BCUT2D eigenvalue weighted by molar-refractivity contribution is 8.02. The number of alkyl halides is 3. The Bertz CT molecular complexity index is 1000. The molecule has 2 N–H and O–H groups in total. The van der Waals surface area contributed by atoms with E-state index in [0.29, 0.717) is 0 Å². The van der Waals surface area contributed by atoms with Gasteiger partial charge < -0.3 is 10.4 Å². The van der Waals surface area contributed by atoms with Crippen LogP contribution in [-0.2, 0) is 0 Å². The minimum atomic E-state index is -5.20. The van der Waals surface area contributed by atoms with Crippen molar-refractivity contribution in [2.75, 3.05) is 6.26 Å². The van der Waals surface area contributed by atoms with Gasteiger partial charge >= 0.3 is 6.18 Å². The zero-order valence-electron chi connectivity index (χ0n) is 14.8. The Labute approximate surface area is 178 Å². The smallest absolute Gasteiger partial charge is 0.363 e. The second-order valence-corrected chi connectivity index (χ2v) is 8.44. The molecule has 0 saturated heterocycles. The highest BCUT2D eigenvalue weighted by Gasteiger charge is 2.66. The standard InChI is InChI=1S/C19H14ClF3N2O2S2/c1-28-17-11(9-24)14(10-5-2-3-6-12(10)20)15(16(26)13-7-4-8-29-13)18(27,25-17)19(21,22)23/h2-8,14-15,25,27H,1H3/t14-,15-,18-/m0/s1. The van der Waals surface area contributed by atoms with Crippen LogP contribution in [0.2, 0.25) is 5.02 Å². The predicted molar refractivity (Wildman–Crippen MR) is 107 cm³/mol. The summed E-state index contributed by atoms with van der Waals surface area (Å²) in [4.78, 5) is 13.2. The number of hydrogen-bond donors (Lipinski definition) is 2. The number of carbonyl (C=O) groups is 1. The molecule has 0 fully saturated rings. The summed E-state index contributed by atoms with van der Waals surface area (Å²) in [7, 11) is 0. The number of thiophene rings is 1. The number of aliphatic hydroxyl groups is 1. The monoisotopic (exact) mass is 458 g/mol. The van der Waals surface area contributed by atoms with Gasteiger partial charge in [0.15, 0.2) is 5.78 Å². The fourth-order valence-electron chi connectivity index (χ4n) is 3.37. The minimum Gasteiger partial charge on any atom is -0.363 e. The van der Waals surface area contributed by atoms with Crippen molar-refractivity contribution in [3.05, 3.63) is 67.8 Å². The number of nitrogens with one attached hydrogen (secondary N) is 1. The van der Waals surface area contributed by atoms with E-state index in [1.165, 1.54) is 30.5 Å². The Morgan fingerprint density at radius 2 is 2.03 bits per heavy atom. The fourth-order valence-corrected chi connectivity index (χ4v) is 4.98. The summed E-state index contributed by atoms with van der Waals surface area (Å²) < 4.78 is 42.3. The van der Waals surface area contributed by atoms with E-state index in [-0.39, 0.29) is 26.1 Å². The van der Waals surface area contributed by atoms with Crippen LogP contribution in [0.1, 0.15) is 21.2 Å². The molecule has 0 spiro atoms. The molecule has 3 atom stereocenters. The molecule has 0 saturated carbocycles. The van der Waals surface area contributed by atoms with Gasteiger partial charge in [-0.05, 0) is 29.3 Å². The Morgan fingerprint density at radius 3 is 2.55 bits per heavy atom. The number of benzene rings is 1. The number of hydrogen-bond acceptors (Lipinski definition) is 6. The van der Waals surface area contributed by atoms with Crippen LogP contribution in [0, 0.1) is 17.2 Å². The zero-order valence-corrected chi connectivity index (χ0v) is 17.2. The molecule has 0 aliphatic carbocycles. The molecule has 1 aliphatic heterocycles. The van der Waals surface area contributed by atoms with Gasteiger partial charge in [0, 0.05) is 10.9 Å². The molecule has 152 valence electrons. The van der Waals surface area contributed by atoms with E-state index in [1.807, 2.05) is 11.4 Å². The maximum atomic E-state index is 14.1. The van der Waals surface area contributed by atoms with E-state index < -0.39 is 29.5 Å². The molecule has 1 aromatic carbocycles. The van der Waals surface area contributed by atoms with E-state index in [1.54, 1.807) is 17.5 Å². The number of thioether (sulfide) groups is 1. The summed E-state index contributed by atoms with van der Waals surface area (Å²) in [5.41, 5.74) is -3.51. The summed E-state index contributed by atoms with van der Waals surface area (Å²) >= 11 is 8.05. The van der Waals surface area contributed by atoms with Crippen molar-refractivity contribution in [3.8, 4) is 6.07 Å². The van der Waals surface area contributed by atoms with Gasteiger partial charge in [0.05, 0.1) is 27.5 Å². The second kappa shape index (κ2) is 8.03. The van der Waals surface area contributed by atoms with E-state index in [2.05, 4.69) is 0 Å². The topological polar surface area (TPSA) is 73.1 Å². The number of nitrogens with zero attached hydrogens (tertiary/aromatic N) is 1. The van der Waals surface area contributed by atoms with Crippen LogP contribution >= 0.6 is 34.7 Å². The van der Waals surface area contributed by atoms with Gasteiger partial charge in [-0.1, -0.05) is 35.9 Å². The first-order valence-corrected chi connectivity index (χ1v) is 10.7. The van der Waals surface area contributed by atoms with Crippen LogP contribution in [0.25, 0.3) is 0 Å². The Balaban J connectivity index is 2.35. The number of allylic oxidation sites excluding steroid dienone is 1. The van der Waals surface area contributed by atoms with Crippen LogP contribution in [0.3, 0.4) is 0 Å². The lowest BCUT2D eigenvalue weighted by Crippen LogP contribution is -2.66. The Hall–Kier alpha value is -1.99. The molecule has 3 rings (SSSR count). The van der Waals surface area contributed by atoms with Gasteiger partial charge in [-0.2, -0.15) is 18.4 Å². The molecule has 0 amide bonds. The summed E-state index contributed by atoms with van der Waals surface area (Å²) in [5, 5.41) is 24.1.